The molecule has 3 aromatic rings. The topological polar surface area (TPSA) is 75.1 Å². The molecule has 1 amide bonds. The van der Waals surface area contributed by atoms with Crippen LogP contribution in [-0.2, 0) is 23.4 Å². The maximum absolute atomic E-state index is 13.4. The molecule has 2 fully saturated rings. The third-order valence-corrected chi connectivity index (χ3v) is 7.64. The Kier molecular flexibility index (Phi) is 6.11. The Bertz CT molecular complexity index is 1180. The first-order valence-corrected chi connectivity index (χ1v) is 12.0. The predicted molar refractivity (Wildman–Crippen MR) is 132 cm³/mol. The molecule has 1 spiro atoms. The summed E-state index contributed by atoms with van der Waals surface area (Å²) in [4.78, 5) is 21.9. The fourth-order valence-electron chi connectivity index (χ4n) is 5.57. The zero-order valence-electron chi connectivity index (χ0n) is 20.2. The van der Waals surface area contributed by atoms with Crippen LogP contribution in [0.15, 0.2) is 72.9 Å². The number of carbonyl (C=O) groups excluding carboxylic acids is 1. The Morgan fingerprint density at radius 3 is 2.40 bits per heavy atom. The molecule has 2 aromatic carbocycles. The van der Waals surface area contributed by atoms with Gasteiger partial charge < -0.3 is 14.6 Å². The maximum Gasteiger partial charge on any atom is 0.411 e. The van der Waals surface area contributed by atoms with Crippen molar-refractivity contribution in [3.63, 3.8) is 0 Å². The summed E-state index contributed by atoms with van der Waals surface area (Å²) < 4.78 is 11.7. The molecule has 0 radical (unpaired) electrons. The molecule has 2 aliphatic heterocycles. The first kappa shape index (κ1) is 23.2. The number of piperidine rings is 1. The molecule has 7 nitrogen and oxygen atoms in total. The average Bonchev–Trinajstić information content (AvgIpc) is 3.09. The van der Waals surface area contributed by atoms with Crippen molar-refractivity contribution in [3.8, 4) is 11.6 Å². The lowest BCUT2D eigenvalue weighted by molar-refractivity contribution is -0.0614. The number of nitrogens with zero attached hydrogens (tertiary/aromatic N) is 3. The highest BCUT2D eigenvalue weighted by Gasteiger charge is 2.63. The van der Waals surface area contributed by atoms with E-state index in [1.165, 1.54) is 0 Å². The van der Waals surface area contributed by atoms with Crippen LogP contribution in [0.3, 0.4) is 0 Å². The quantitative estimate of drug-likeness (QED) is 0.560. The second-order valence-corrected chi connectivity index (χ2v) is 9.50. The van der Waals surface area contributed by atoms with E-state index >= 15 is 0 Å². The minimum atomic E-state index is -0.641. The van der Waals surface area contributed by atoms with Crippen molar-refractivity contribution >= 4 is 6.09 Å². The lowest BCUT2D eigenvalue weighted by atomic mass is 9.70. The zero-order valence-corrected chi connectivity index (χ0v) is 20.2. The van der Waals surface area contributed by atoms with Gasteiger partial charge in [0.25, 0.3) is 0 Å². The van der Waals surface area contributed by atoms with Gasteiger partial charge in [-0.25, -0.2) is 9.78 Å². The van der Waals surface area contributed by atoms with Gasteiger partial charge in [0.2, 0.25) is 5.88 Å². The Labute approximate surface area is 205 Å². The number of hydrogen-bond donors (Lipinski definition) is 1. The van der Waals surface area contributed by atoms with E-state index in [0.29, 0.717) is 12.4 Å². The molecule has 5 rings (SSSR count). The molecule has 1 atom stereocenters. The highest BCUT2D eigenvalue weighted by atomic mass is 16.6. The molecular formula is C28H31N3O4. The van der Waals surface area contributed by atoms with Gasteiger partial charge in [0.1, 0.15) is 16.9 Å². The van der Waals surface area contributed by atoms with Crippen molar-refractivity contribution < 1.29 is 19.4 Å². The predicted octanol–water partition coefficient (Wildman–Crippen LogP) is 4.70. The van der Waals surface area contributed by atoms with Gasteiger partial charge in [0.15, 0.2) is 0 Å². The Balaban J connectivity index is 1.43. The molecule has 182 valence electrons. The zero-order chi connectivity index (χ0) is 24.5. The third-order valence-electron chi connectivity index (χ3n) is 7.64. The van der Waals surface area contributed by atoms with Crippen molar-refractivity contribution in [3.05, 3.63) is 89.6 Å². The number of likely N-dealkylation sites (tertiary alicyclic amines) is 1. The summed E-state index contributed by atoms with van der Waals surface area (Å²) in [5, 5.41) is 9.69. The van der Waals surface area contributed by atoms with Crippen molar-refractivity contribution in [2.24, 2.45) is 0 Å². The summed E-state index contributed by atoms with van der Waals surface area (Å²) in [6.45, 7) is 4.86. The van der Waals surface area contributed by atoms with Crippen LogP contribution >= 0.6 is 0 Å². The van der Waals surface area contributed by atoms with Gasteiger partial charge in [-0.2, -0.15) is 0 Å². The molecule has 35 heavy (non-hydrogen) atoms. The number of carbonyl (C=O) groups is 1. The minimum Gasteiger partial charge on any atom is -0.508 e. The van der Waals surface area contributed by atoms with Gasteiger partial charge in [-0.1, -0.05) is 48.5 Å². The van der Waals surface area contributed by atoms with Crippen molar-refractivity contribution in [2.75, 3.05) is 20.2 Å². The molecule has 0 saturated carbocycles. The molecule has 7 heteroatoms. The van der Waals surface area contributed by atoms with E-state index in [2.05, 4.69) is 28.9 Å². The second-order valence-electron chi connectivity index (χ2n) is 9.50. The Morgan fingerprint density at radius 1 is 1.00 bits per heavy atom. The molecule has 2 aliphatic rings. The highest BCUT2D eigenvalue weighted by Crippen LogP contribution is 2.52. The lowest BCUT2D eigenvalue weighted by Gasteiger charge is -2.48. The fraction of sp³-hybridized carbons (Fsp3) is 0.357. The molecule has 0 bridgehead atoms. The van der Waals surface area contributed by atoms with Crippen LogP contribution in [0.1, 0.15) is 36.5 Å². The third kappa shape index (κ3) is 4.10. The summed E-state index contributed by atoms with van der Waals surface area (Å²) >= 11 is 0. The van der Waals surface area contributed by atoms with Crippen LogP contribution in [0, 0.1) is 0 Å². The summed E-state index contributed by atoms with van der Waals surface area (Å²) in [5.74, 6) is 0.854. The second kappa shape index (κ2) is 9.23. The smallest absolute Gasteiger partial charge is 0.411 e. The number of rotatable bonds is 6. The first-order valence-electron chi connectivity index (χ1n) is 12.0. The minimum absolute atomic E-state index is 0.206. The van der Waals surface area contributed by atoms with E-state index < -0.39 is 11.1 Å². The van der Waals surface area contributed by atoms with Gasteiger partial charge in [-0.15, -0.1) is 0 Å². The molecule has 1 N–H and O–H groups in total. The number of methoxy groups -OCH3 is 1. The normalized spacial score (nSPS) is 21.8. The summed E-state index contributed by atoms with van der Waals surface area (Å²) in [6.07, 6.45) is 2.88. The van der Waals surface area contributed by atoms with Crippen LogP contribution in [0.5, 0.6) is 11.6 Å². The van der Waals surface area contributed by atoms with Crippen LogP contribution in [0.25, 0.3) is 0 Å². The number of aromatic nitrogens is 1. The summed E-state index contributed by atoms with van der Waals surface area (Å²) in [7, 11) is 1.64. The number of phenolic OH excluding ortho intramolecular Hbond substituents is 1. The van der Waals surface area contributed by atoms with Gasteiger partial charge >= 0.3 is 6.09 Å². The number of benzene rings is 2. The first-order chi connectivity index (χ1) is 16.9. The number of pyridine rings is 1. The van der Waals surface area contributed by atoms with Gasteiger partial charge in [-0.05, 0) is 36.2 Å². The van der Waals surface area contributed by atoms with Gasteiger partial charge in [0, 0.05) is 44.2 Å². The van der Waals surface area contributed by atoms with E-state index in [4.69, 9.17) is 9.47 Å². The summed E-state index contributed by atoms with van der Waals surface area (Å²) in [5.41, 5.74) is 1.78. The standard InChI is InChI=1S/C28H31N3O4/c1-27(23-8-4-3-5-9-23)28(35-26(33)31(27)19-21-10-12-24(32)13-11-21)14-17-30(18-15-28)20-22-7-6-16-29-25(22)34-2/h3-13,16,32H,14-15,17-20H2,1-2H3. The Hall–Kier alpha value is -3.58. The Morgan fingerprint density at radius 2 is 1.71 bits per heavy atom. The van der Waals surface area contributed by atoms with Gasteiger partial charge in [-0.3, -0.25) is 9.80 Å². The van der Waals surface area contributed by atoms with Crippen molar-refractivity contribution in [1.29, 1.82) is 0 Å². The highest BCUT2D eigenvalue weighted by molar-refractivity contribution is 5.74. The molecular weight excluding hydrogens is 442 g/mol. The van der Waals surface area contributed by atoms with E-state index in [1.54, 1.807) is 25.4 Å². The van der Waals surface area contributed by atoms with Crippen molar-refractivity contribution in [2.45, 2.75) is 44.0 Å². The van der Waals surface area contributed by atoms with E-state index in [1.807, 2.05) is 47.4 Å². The molecule has 1 unspecified atom stereocenters. The van der Waals surface area contributed by atoms with E-state index in [-0.39, 0.29) is 11.8 Å². The number of aromatic hydroxyl groups is 1. The van der Waals surface area contributed by atoms with Crippen molar-refractivity contribution in [1.82, 2.24) is 14.8 Å². The SMILES string of the molecule is COc1ncccc1CN1CCC2(CC1)OC(=O)N(Cc1ccc(O)cc1)C2(C)c1ccccc1. The number of amides is 1. The molecule has 3 heterocycles. The largest absolute Gasteiger partial charge is 0.508 e. The average molecular weight is 474 g/mol. The maximum atomic E-state index is 13.4. The van der Waals surface area contributed by atoms with Gasteiger partial charge in [0.05, 0.1) is 13.7 Å². The van der Waals surface area contributed by atoms with Crippen LogP contribution in [-0.4, -0.2) is 51.8 Å². The van der Waals surface area contributed by atoms with Crippen LogP contribution in [0.2, 0.25) is 0 Å². The van der Waals surface area contributed by atoms with Crippen LogP contribution in [0.4, 0.5) is 4.79 Å². The fourth-order valence-corrected chi connectivity index (χ4v) is 5.57. The molecule has 0 aliphatic carbocycles. The number of phenols is 1. The number of ether oxygens (including phenoxy) is 2. The summed E-state index contributed by atoms with van der Waals surface area (Å²) in [6, 6.07) is 21.2. The molecule has 1 aromatic heterocycles. The molecule has 2 saturated heterocycles. The van der Waals surface area contributed by atoms with E-state index in [9.17, 15) is 9.90 Å². The van der Waals surface area contributed by atoms with E-state index in [0.717, 1.165) is 49.2 Å². The van der Waals surface area contributed by atoms with Crippen LogP contribution < -0.4 is 4.74 Å². The monoisotopic (exact) mass is 473 g/mol. The number of hydrogen-bond acceptors (Lipinski definition) is 6. The lowest BCUT2D eigenvalue weighted by Crippen LogP contribution is -2.58.